The summed E-state index contributed by atoms with van der Waals surface area (Å²) in [6.07, 6.45) is 8.18. The molecule has 76 heavy (non-hydrogen) atoms. The van der Waals surface area contributed by atoms with Gasteiger partial charge in [0.15, 0.2) is 0 Å². The molecular formula is C72H56N4. The largest absolute Gasteiger partial charge is 0.334 e. The van der Waals surface area contributed by atoms with E-state index >= 15 is 0 Å². The van der Waals surface area contributed by atoms with Gasteiger partial charge in [0.25, 0.3) is 0 Å². The topological polar surface area (TPSA) is 15.3 Å². The van der Waals surface area contributed by atoms with Gasteiger partial charge >= 0.3 is 0 Å². The van der Waals surface area contributed by atoms with E-state index in [4.69, 9.17) is 0 Å². The zero-order valence-electron chi connectivity index (χ0n) is 43.2. The Hall–Kier alpha value is -9.12. The number of aromatic nitrogens is 2. The molecule has 0 saturated heterocycles. The summed E-state index contributed by atoms with van der Waals surface area (Å²) >= 11 is 0. The maximum Gasteiger partial charge on any atom is 0.0634 e. The molecule has 0 bridgehead atoms. The Morgan fingerprint density at radius 1 is 0.395 bits per heavy atom. The van der Waals surface area contributed by atoms with Crippen molar-refractivity contribution in [2.24, 2.45) is 5.92 Å². The van der Waals surface area contributed by atoms with Crippen LogP contribution in [0.3, 0.4) is 0 Å². The van der Waals surface area contributed by atoms with Crippen molar-refractivity contribution in [1.29, 1.82) is 0 Å². The van der Waals surface area contributed by atoms with Gasteiger partial charge in [0.1, 0.15) is 0 Å². The average molecular weight is 977 g/mol. The van der Waals surface area contributed by atoms with Gasteiger partial charge in [-0.05, 0) is 101 Å². The van der Waals surface area contributed by atoms with Gasteiger partial charge in [0, 0.05) is 71.3 Å². The molecule has 14 aromatic rings. The molecular weight excluding hydrogens is 921 g/mol. The van der Waals surface area contributed by atoms with Crippen LogP contribution in [0.2, 0.25) is 0 Å². The van der Waals surface area contributed by atoms with Gasteiger partial charge in [0.2, 0.25) is 0 Å². The van der Waals surface area contributed by atoms with Crippen LogP contribution in [0, 0.1) is 5.92 Å². The van der Waals surface area contributed by atoms with Crippen molar-refractivity contribution in [1.82, 2.24) is 8.80 Å². The molecule has 0 unspecified atom stereocenters. The second-order valence-corrected chi connectivity index (χ2v) is 21.5. The third-order valence-corrected chi connectivity index (χ3v) is 16.6. The SMILES string of the molecule is CC(C)C1=CC[C@@H](N(c2ccccc2)c2cccc3c2c2cccc4c5c(-c6ccccc6)c6c(c(-c7ccccc7)c5n3c24)c2cccc3c4c(N(c5ccccc5)c5ccc(C(C)C)cc5)cccc4n6c32)C=C1. The number of nitrogens with zero attached hydrogens (tertiary/aromatic N) is 4. The lowest BCUT2D eigenvalue weighted by Gasteiger charge is -2.34. The van der Waals surface area contributed by atoms with E-state index in [0.717, 1.165) is 23.5 Å². The van der Waals surface area contributed by atoms with Crippen LogP contribution >= 0.6 is 0 Å². The van der Waals surface area contributed by atoms with E-state index in [1.165, 1.54) is 121 Å². The minimum Gasteiger partial charge on any atom is -0.334 e. The van der Waals surface area contributed by atoms with Crippen molar-refractivity contribution < 1.29 is 0 Å². The molecule has 1 aliphatic rings. The molecule has 0 N–H and O–H groups in total. The first-order valence-corrected chi connectivity index (χ1v) is 27.1. The number of fused-ring (bicyclic) bond motifs is 12. The number of rotatable bonds is 10. The highest BCUT2D eigenvalue weighted by Gasteiger charge is 2.33. The first-order valence-electron chi connectivity index (χ1n) is 27.1. The molecule has 1 atom stereocenters. The van der Waals surface area contributed by atoms with Crippen molar-refractivity contribution in [2.75, 3.05) is 9.80 Å². The molecule has 0 aliphatic heterocycles. The number of hydrogen-bond donors (Lipinski definition) is 0. The van der Waals surface area contributed by atoms with Crippen molar-refractivity contribution in [3.8, 4) is 22.3 Å². The second kappa shape index (κ2) is 17.2. The molecule has 0 radical (unpaired) electrons. The lowest BCUT2D eigenvalue weighted by molar-refractivity contribution is 0.732. The molecule has 4 heterocycles. The van der Waals surface area contributed by atoms with Crippen LogP contribution < -0.4 is 9.80 Å². The van der Waals surface area contributed by atoms with E-state index in [-0.39, 0.29) is 6.04 Å². The Morgan fingerprint density at radius 2 is 0.842 bits per heavy atom. The molecule has 4 aromatic heterocycles. The third-order valence-electron chi connectivity index (χ3n) is 16.6. The van der Waals surface area contributed by atoms with Gasteiger partial charge in [-0.2, -0.15) is 0 Å². The van der Waals surface area contributed by atoms with Crippen molar-refractivity contribution in [3.63, 3.8) is 0 Å². The fraction of sp³-hybridized carbons (Fsp3) is 0.111. The zero-order chi connectivity index (χ0) is 50.8. The summed E-state index contributed by atoms with van der Waals surface area (Å²) in [6.45, 7) is 9.12. The molecule has 15 rings (SSSR count). The predicted molar refractivity (Wildman–Crippen MR) is 324 cm³/mol. The van der Waals surface area contributed by atoms with Crippen LogP contribution in [0.15, 0.2) is 242 Å². The predicted octanol–water partition coefficient (Wildman–Crippen LogP) is 20.0. The number of anilines is 5. The summed E-state index contributed by atoms with van der Waals surface area (Å²) in [5.41, 5.74) is 20.8. The van der Waals surface area contributed by atoms with Crippen LogP contribution in [-0.4, -0.2) is 14.8 Å². The minimum absolute atomic E-state index is 0.149. The summed E-state index contributed by atoms with van der Waals surface area (Å²) in [7, 11) is 0. The highest BCUT2D eigenvalue weighted by atomic mass is 15.2. The lowest BCUT2D eigenvalue weighted by Crippen LogP contribution is -2.30. The normalized spacial score (nSPS) is 14.1. The maximum absolute atomic E-state index is 2.65. The molecule has 0 spiro atoms. The number of allylic oxidation sites excluding steroid dienone is 2. The fourth-order valence-corrected chi connectivity index (χ4v) is 13.3. The van der Waals surface area contributed by atoms with Gasteiger partial charge in [-0.1, -0.05) is 204 Å². The van der Waals surface area contributed by atoms with E-state index in [1.54, 1.807) is 0 Å². The first-order chi connectivity index (χ1) is 37.4. The molecule has 4 nitrogen and oxygen atoms in total. The van der Waals surface area contributed by atoms with Crippen LogP contribution in [0.25, 0.3) is 98.4 Å². The van der Waals surface area contributed by atoms with E-state index in [9.17, 15) is 0 Å². The Bertz CT molecular complexity index is 4580. The quantitative estimate of drug-likeness (QED) is 0.136. The highest BCUT2D eigenvalue weighted by Crippen LogP contribution is 2.56. The Morgan fingerprint density at radius 3 is 1.33 bits per heavy atom. The number of benzene rings is 10. The summed E-state index contributed by atoms with van der Waals surface area (Å²) in [5.74, 6) is 0.922. The lowest BCUT2D eigenvalue weighted by atomic mass is 9.89. The summed E-state index contributed by atoms with van der Waals surface area (Å²) < 4.78 is 5.29. The standard InChI is InChI=1S/C72H56N4/c1-45(2)47-37-41-53(42-38-47)73(51-25-13-7-14-26-51)59-33-19-35-61-65(59)55-29-17-31-57-67-64(50-23-11-6-12-24-50)72-68(63(49-21-9-5-10-22-49)71(67)75(61)69(55)57)58-32-18-30-56-66-60(34-20-36-62(66)76(72)70(56)58)74(52-27-15-8-16-28-52)54-43-39-48(40-44-54)46(3)4/h5-43,45-46,54H,44H2,1-4H3/t54-/m0/s1. The Labute approximate surface area is 443 Å². The number of para-hydroxylation sites is 4. The second-order valence-electron chi connectivity index (χ2n) is 21.5. The first kappa shape index (κ1) is 44.4. The van der Waals surface area contributed by atoms with Crippen LogP contribution in [0.4, 0.5) is 28.4 Å². The van der Waals surface area contributed by atoms with Gasteiger partial charge in [-0.15, -0.1) is 0 Å². The van der Waals surface area contributed by atoms with Gasteiger partial charge < -0.3 is 18.6 Å². The molecule has 1 aliphatic carbocycles. The van der Waals surface area contributed by atoms with Crippen LogP contribution in [-0.2, 0) is 0 Å². The average Bonchev–Trinajstić information content (AvgIpc) is 4.31. The minimum atomic E-state index is 0.149. The summed E-state index contributed by atoms with van der Waals surface area (Å²) in [6, 6.07) is 81.7. The highest BCUT2D eigenvalue weighted by molar-refractivity contribution is 6.39. The zero-order valence-corrected chi connectivity index (χ0v) is 43.2. The van der Waals surface area contributed by atoms with E-state index < -0.39 is 0 Å². The monoisotopic (exact) mass is 976 g/mol. The number of hydrogen-bond acceptors (Lipinski definition) is 2. The molecule has 364 valence electrons. The maximum atomic E-state index is 2.65. The molecule has 0 amide bonds. The molecule has 10 aromatic carbocycles. The van der Waals surface area contributed by atoms with Crippen LogP contribution in [0.5, 0.6) is 0 Å². The fourth-order valence-electron chi connectivity index (χ4n) is 13.3. The van der Waals surface area contributed by atoms with Crippen LogP contribution in [0.1, 0.15) is 45.6 Å². The molecule has 0 fully saturated rings. The van der Waals surface area contributed by atoms with Gasteiger partial charge in [0.05, 0.1) is 50.5 Å². The van der Waals surface area contributed by atoms with Gasteiger partial charge in [-0.25, -0.2) is 0 Å². The third kappa shape index (κ3) is 6.43. The van der Waals surface area contributed by atoms with Crippen molar-refractivity contribution in [2.45, 2.75) is 46.1 Å². The Balaban J connectivity index is 1.10. The van der Waals surface area contributed by atoms with E-state index in [0.29, 0.717) is 11.8 Å². The van der Waals surface area contributed by atoms with Crippen molar-refractivity contribution in [3.05, 3.63) is 248 Å². The Kier molecular flexibility index (Phi) is 10.1. The van der Waals surface area contributed by atoms with E-state index in [1.807, 2.05) is 0 Å². The summed E-state index contributed by atoms with van der Waals surface area (Å²) in [5, 5.41) is 10.1. The summed E-state index contributed by atoms with van der Waals surface area (Å²) in [4.78, 5) is 5.05. The van der Waals surface area contributed by atoms with Crippen molar-refractivity contribution >= 4 is 105 Å². The molecule has 0 saturated carbocycles. The molecule has 4 heteroatoms. The smallest absolute Gasteiger partial charge is 0.0634 e. The van der Waals surface area contributed by atoms with E-state index in [2.05, 4.69) is 283 Å². The van der Waals surface area contributed by atoms with Gasteiger partial charge in [-0.3, -0.25) is 0 Å².